The Labute approximate surface area is 111 Å². The van der Waals surface area contributed by atoms with E-state index in [9.17, 15) is 4.79 Å². The van der Waals surface area contributed by atoms with Gasteiger partial charge in [0.15, 0.2) is 0 Å². The molecular weight excluding hydrogens is 252 g/mol. The topological polar surface area (TPSA) is 55.6 Å². The van der Waals surface area contributed by atoms with Crippen molar-refractivity contribution in [3.05, 3.63) is 34.9 Å². The first-order chi connectivity index (χ1) is 8.66. The molecule has 5 heteroatoms. The molecule has 2 N–H and O–H groups in total. The summed E-state index contributed by atoms with van der Waals surface area (Å²) in [6.07, 6.45) is 2.92. The normalized spacial score (nSPS) is 16.2. The van der Waals surface area contributed by atoms with Gasteiger partial charge in [-0.2, -0.15) is 0 Å². The van der Waals surface area contributed by atoms with Crippen molar-refractivity contribution in [2.45, 2.75) is 0 Å². The van der Waals surface area contributed by atoms with Gasteiger partial charge in [-0.05, 0) is 23.8 Å². The summed E-state index contributed by atoms with van der Waals surface area (Å²) in [4.78, 5) is 12.9. The van der Waals surface area contributed by atoms with Gasteiger partial charge >= 0.3 is 0 Å². The third-order valence-electron chi connectivity index (χ3n) is 2.79. The van der Waals surface area contributed by atoms with Crippen LogP contribution in [-0.4, -0.2) is 32.2 Å². The number of nitrogens with zero attached hydrogens (tertiary/aromatic N) is 1. The third-order valence-corrected chi connectivity index (χ3v) is 3.11. The Hall–Kier alpha value is -1.52. The summed E-state index contributed by atoms with van der Waals surface area (Å²) >= 11 is 6.17. The fraction of sp³-hybridized carbons (Fsp3) is 0.308. The minimum absolute atomic E-state index is 0.483. The summed E-state index contributed by atoms with van der Waals surface area (Å²) in [6, 6.07) is 5.76. The molecule has 1 amide bonds. The number of halogens is 1. The molecule has 1 fully saturated rings. The first kappa shape index (κ1) is 12.9. The van der Waals surface area contributed by atoms with E-state index >= 15 is 0 Å². The molecule has 1 aromatic rings. The molecule has 0 atom stereocenters. The predicted molar refractivity (Wildman–Crippen MR) is 72.7 cm³/mol. The molecule has 1 heterocycles. The van der Waals surface area contributed by atoms with Gasteiger partial charge < -0.3 is 15.4 Å². The van der Waals surface area contributed by atoms with E-state index in [-0.39, 0.29) is 0 Å². The van der Waals surface area contributed by atoms with Crippen LogP contribution >= 0.6 is 11.6 Å². The number of carbonyl (C=O) groups is 1. The van der Waals surface area contributed by atoms with Crippen LogP contribution in [0.1, 0.15) is 5.56 Å². The summed E-state index contributed by atoms with van der Waals surface area (Å²) < 4.78 is 5.30. The van der Waals surface area contributed by atoms with Crippen LogP contribution in [0.15, 0.2) is 24.3 Å². The average molecular weight is 267 g/mol. The molecule has 18 heavy (non-hydrogen) atoms. The fourth-order valence-electron chi connectivity index (χ4n) is 1.84. The van der Waals surface area contributed by atoms with Gasteiger partial charge in [-0.3, -0.25) is 4.79 Å². The molecule has 1 aliphatic heterocycles. The lowest BCUT2D eigenvalue weighted by Crippen LogP contribution is -2.36. The van der Waals surface area contributed by atoms with Crippen LogP contribution in [0.3, 0.4) is 0 Å². The zero-order valence-electron chi connectivity index (χ0n) is 9.93. The number of hydrogen-bond donors (Lipinski definition) is 1. The van der Waals surface area contributed by atoms with Gasteiger partial charge in [-0.15, -0.1) is 0 Å². The van der Waals surface area contributed by atoms with Crippen LogP contribution in [0.25, 0.3) is 6.08 Å². The van der Waals surface area contributed by atoms with Gasteiger partial charge in [0.05, 0.1) is 13.2 Å². The highest BCUT2D eigenvalue weighted by Gasteiger charge is 2.11. The smallest absolute Gasteiger partial charge is 0.241 e. The standard InChI is InChI=1S/C13H15ClN2O2/c14-12-9-11(16-5-7-18-8-6-16)3-1-10(12)2-4-13(15)17/h1-4,9H,5-8H2,(H2,15,17)/b4-2+. The zero-order valence-corrected chi connectivity index (χ0v) is 10.7. The van der Waals surface area contributed by atoms with Crippen molar-refractivity contribution in [2.75, 3.05) is 31.2 Å². The lowest BCUT2D eigenvalue weighted by Gasteiger charge is -2.29. The number of ether oxygens (including phenoxy) is 1. The molecule has 1 saturated heterocycles. The van der Waals surface area contributed by atoms with E-state index in [4.69, 9.17) is 22.1 Å². The van der Waals surface area contributed by atoms with Crippen LogP contribution in [0.4, 0.5) is 5.69 Å². The van der Waals surface area contributed by atoms with E-state index in [0.717, 1.165) is 37.6 Å². The van der Waals surface area contributed by atoms with Gasteiger partial charge in [-0.1, -0.05) is 17.7 Å². The molecule has 0 spiro atoms. The summed E-state index contributed by atoms with van der Waals surface area (Å²) in [5, 5.41) is 0.608. The number of nitrogens with two attached hydrogens (primary N) is 1. The molecule has 1 aromatic carbocycles. The molecule has 1 aliphatic rings. The van der Waals surface area contributed by atoms with Crippen molar-refractivity contribution in [2.24, 2.45) is 5.73 Å². The largest absolute Gasteiger partial charge is 0.378 e. The fourth-order valence-corrected chi connectivity index (χ4v) is 2.08. The van der Waals surface area contributed by atoms with Crippen LogP contribution in [0.2, 0.25) is 5.02 Å². The Morgan fingerprint density at radius 1 is 1.39 bits per heavy atom. The van der Waals surface area contributed by atoms with Crippen molar-refractivity contribution in [1.82, 2.24) is 0 Å². The number of morpholine rings is 1. The van der Waals surface area contributed by atoms with Gasteiger partial charge in [0.1, 0.15) is 0 Å². The Morgan fingerprint density at radius 2 is 2.11 bits per heavy atom. The molecule has 0 saturated carbocycles. The Balaban J connectivity index is 2.16. The maximum atomic E-state index is 10.7. The number of primary amides is 1. The zero-order chi connectivity index (χ0) is 13.0. The number of rotatable bonds is 3. The lowest BCUT2D eigenvalue weighted by molar-refractivity contribution is -0.113. The monoisotopic (exact) mass is 266 g/mol. The highest BCUT2D eigenvalue weighted by atomic mass is 35.5. The highest BCUT2D eigenvalue weighted by Crippen LogP contribution is 2.25. The predicted octanol–water partition coefficient (Wildman–Crippen LogP) is 1.68. The van der Waals surface area contributed by atoms with E-state index in [1.165, 1.54) is 6.08 Å². The number of benzene rings is 1. The SMILES string of the molecule is NC(=O)/C=C/c1ccc(N2CCOCC2)cc1Cl. The molecule has 0 aromatic heterocycles. The quantitative estimate of drug-likeness (QED) is 0.847. The highest BCUT2D eigenvalue weighted by molar-refractivity contribution is 6.32. The second kappa shape index (κ2) is 5.89. The second-order valence-electron chi connectivity index (χ2n) is 4.04. The molecule has 0 bridgehead atoms. The van der Waals surface area contributed by atoms with Crippen LogP contribution < -0.4 is 10.6 Å². The van der Waals surface area contributed by atoms with Gasteiger partial charge in [0.25, 0.3) is 0 Å². The number of amides is 1. The third kappa shape index (κ3) is 3.24. The maximum Gasteiger partial charge on any atom is 0.241 e. The molecule has 4 nitrogen and oxygen atoms in total. The van der Waals surface area contributed by atoms with Gasteiger partial charge in [0.2, 0.25) is 5.91 Å². The number of hydrogen-bond acceptors (Lipinski definition) is 3. The molecule has 96 valence electrons. The first-order valence-electron chi connectivity index (χ1n) is 5.76. The molecule has 2 rings (SSSR count). The summed E-state index contributed by atoms with van der Waals surface area (Å²) in [5.41, 5.74) is 6.90. The van der Waals surface area contributed by atoms with Crippen LogP contribution in [0, 0.1) is 0 Å². The molecule has 0 unspecified atom stereocenters. The van der Waals surface area contributed by atoms with E-state index in [0.29, 0.717) is 5.02 Å². The minimum Gasteiger partial charge on any atom is -0.378 e. The van der Waals surface area contributed by atoms with E-state index in [1.54, 1.807) is 6.08 Å². The molecule has 0 aliphatic carbocycles. The van der Waals surface area contributed by atoms with E-state index in [2.05, 4.69) is 4.90 Å². The van der Waals surface area contributed by atoms with Gasteiger partial charge in [0, 0.05) is 29.9 Å². The van der Waals surface area contributed by atoms with Crippen molar-refractivity contribution in [3.8, 4) is 0 Å². The number of carbonyl (C=O) groups excluding carboxylic acids is 1. The van der Waals surface area contributed by atoms with Crippen molar-refractivity contribution < 1.29 is 9.53 Å². The molecule has 0 radical (unpaired) electrons. The van der Waals surface area contributed by atoms with Crippen LogP contribution in [0.5, 0.6) is 0 Å². The van der Waals surface area contributed by atoms with E-state index in [1.807, 2.05) is 18.2 Å². The second-order valence-corrected chi connectivity index (χ2v) is 4.45. The molecular formula is C13H15ClN2O2. The maximum absolute atomic E-state index is 10.7. The average Bonchev–Trinajstić information content (AvgIpc) is 2.38. The minimum atomic E-state index is -0.483. The Bertz CT molecular complexity index is 468. The number of anilines is 1. The van der Waals surface area contributed by atoms with Crippen molar-refractivity contribution in [1.29, 1.82) is 0 Å². The lowest BCUT2D eigenvalue weighted by atomic mass is 10.1. The Morgan fingerprint density at radius 3 is 2.72 bits per heavy atom. The van der Waals surface area contributed by atoms with Crippen molar-refractivity contribution in [3.63, 3.8) is 0 Å². The van der Waals surface area contributed by atoms with E-state index < -0.39 is 5.91 Å². The van der Waals surface area contributed by atoms with Crippen LogP contribution in [-0.2, 0) is 9.53 Å². The summed E-state index contributed by atoms with van der Waals surface area (Å²) in [5.74, 6) is -0.483. The Kier molecular flexibility index (Phi) is 4.23. The van der Waals surface area contributed by atoms with Gasteiger partial charge in [-0.25, -0.2) is 0 Å². The van der Waals surface area contributed by atoms with Crippen molar-refractivity contribution >= 4 is 29.3 Å². The first-order valence-corrected chi connectivity index (χ1v) is 6.14. The summed E-state index contributed by atoms with van der Waals surface area (Å²) in [7, 11) is 0. The summed E-state index contributed by atoms with van der Waals surface area (Å²) in [6.45, 7) is 3.21.